The Balaban J connectivity index is 1.89. The Morgan fingerprint density at radius 2 is 1.85 bits per heavy atom. The maximum atomic E-state index is 13.0. The van der Waals surface area contributed by atoms with Crippen LogP contribution in [-0.4, -0.2) is 40.5 Å². The Hall–Kier alpha value is -2.60. The van der Waals surface area contributed by atoms with Crippen molar-refractivity contribution in [2.24, 2.45) is 0 Å². The summed E-state index contributed by atoms with van der Waals surface area (Å²) in [4.78, 5) is 12.8. The fraction of sp³-hybridized carbons (Fsp3) is 0.524. The molecular weight excluding hydrogens is 456 g/mol. The molecule has 2 aromatic rings. The standard InChI is InChI=1S/C21H23F6N3O3/c1-11(20(22,23)24)28-10-16-17(19(32)29-14-3-2-4-15(31)9-14)30-33-18(16)12-5-7-13(8-6-12)21(25,26)27/h5-8,11,14-15,28,31H,2-4,9-10H2,1H3,(H,29,32). The Bertz CT molecular complexity index is 956. The number of nitrogens with zero attached hydrogens (tertiary/aromatic N) is 1. The van der Waals surface area contributed by atoms with Crippen molar-refractivity contribution in [1.82, 2.24) is 15.8 Å². The van der Waals surface area contributed by atoms with Crippen molar-refractivity contribution in [1.29, 1.82) is 0 Å². The number of hydrogen-bond donors (Lipinski definition) is 3. The monoisotopic (exact) mass is 479 g/mol. The minimum atomic E-state index is -4.57. The molecule has 1 amide bonds. The van der Waals surface area contributed by atoms with Gasteiger partial charge < -0.3 is 20.3 Å². The number of carbonyl (C=O) groups excluding carboxylic acids is 1. The predicted octanol–water partition coefficient (Wildman–Crippen LogP) is 4.43. The molecule has 12 heteroatoms. The lowest BCUT2D eigenvalue weighted by Crippen LogP contribution is -2.41. The molecule has 0 radical (unpaired) electrons. The molecule has 3 rings (SSSR count). The quantitative estimate of drug-likeness (QED) is 0.534. The van der Waals surface area contributed by atoms with Gasteiger partial charge in [-0.1, -0.05) is 17.3 Å². The molecule has 6 nitrogen and oxygen atoms in total. The second kappa shape index (κ2) is 9.72. The van der Waals surface area contributed by atoms with Crippen LogP contribution < -0.4 is 10.6 Å². The van der Waals surface area contributed by atoms with Gasteiger partial charge in [0.2, 0.25) is 0 Å². The number of halogens is 6. The highest BCUT2D eigenvalue weighted by atomic mass is 19.4. The molecule has 1 fully saturated rings. The molecule has 3 atom stereocenters. The molecule has 3 N–H and O–H groups in total. The SMILES string of the molecule is CC(NCc1c(C(=O)NC2CCCC(O)C2)noc1-c1ccc(C(F)(F)F)cc1)C(F)(F)F. The molecule has 1 aliphatic carbocycles. The number of rotatable bonds is 6. The average Bonchev–Trinajstić information content (AvgIpc) is 3.14. The molecule has 1 aromatic carbocycles. The van der Waals surface area contributed by atoms with Crippen LogP contribution in [0.25, 0.3) is 11.3 Å². The van der Waals surface area contributed by atoms with Crippen molar-refractivity contribution >= 4 is 5.91 Å². The maximum absolute atomic E-state index is 13.0. The summed E-state index contributed by atoms with van der Waals surface area (Å²) in [6.45, 7) is 0.436. The van der Waals surface area contributed by atoms with Gasteiger partial charge in [-0.05, 0) is 44.7 Å². The number of hydrogen-bond acceptors (Lipinski definition) is 5. The van der Waals surface area contributed by atoms with E-state index in [9.17, 15) is 36.2 Å². The lowest BCUT2D eigenvalue weighted by atomic mass is 9.93. The van der Waals surface area contributed by atoms with Crippen LogP contribution in [0.15, 0.2) is 28.8 Å². The number of benzene rings is 1. The van der Waals surface area contributed by atoms with E-state index in [1.54, 1.807) is 0 Å². The maximum Gasteiger partial charge on any atom is 0.416 e. The number of alkyl halides is 6. The van der Waals surface area contributed by atoms with Crippen LogP contribution in [-0.2, 0) is 12.7 Å². The third-order valence-corrected chi connectivity index (χ3v) is 5.54. The number of carbonyl (C=O) groups is 1. The van der Waals surface area contributed by atoms with E-state index in [4.69, 9.17) is 4.52 Å². The first kappa shape index (κ1) is 25.0. The van der Waals surface area contributed by atoms with Gasteiger partial charge in [-0.25, -0.2) is 0 Å². The zero-order chi connectivity index (χ0) is 24.4. The lowest BCUT2D eigenvalue weighted by Gasteiger charge is -2.26. The van der Waals surface area contributed by atoms with Crippen molar-refractivity contribution in [3.63, 3.8) is 0 Å². The Morgan fingerprint density at radius 3 is 2.42 bits per heavy atom. The molecule has 1 aromatic heterocycles. The van der Waals surface area contributed by atoms with Crippen LogP contribution in [0.4, 0.5) is 26.3 Å². The van der Waals surface area contributed by atoms with Gasteiger partial charge in [-0.2, -0.15) is 26.3 Å². The van der Waals surface area contributed by atoms with Crippen molar-refractivity contribution in [3.8, 4) is 11.3 Å². The van der Waals surface area contributed by atoms with E-state index in [1.807, 2.05) is 0 Å². The number of aromatic nitrogens is 1. The first-order valence-electron chi connectivity index (χ1n) is 10.3. The third-order valence-electron chi connectivity index (χ3n) is 5.54. The number of amides is 1. The van der Waals surface area contributed by atoms with Gasteiger partial charge >= 0.3 is 12.4 Å². The number of nitrogens with one attached hydrogen (secondary N) is 2. The summed E-state index contributed by atoms with van der Waals surface area (Å²) in [5.74, 6) is -0.813. The average molecular weight is 479 g/mol. The van der Waals surface area contributed by atoms with Gasteiger partial charge in [-0.3, -0.25) is 4.79 Å². The minimum Gasteiger partial charge on any atom is -0.393 e. The Kier molecular flexibility index (Phi) is 7.37. The van der Waals surface area contributed by atoms with E-state index in [2.05, 4.69) is 15.8 Å². The van der Waals surface area contributed by atoms with Crippen LogP contribution in [0, 0.1) is 0 Å². The minimum absolute atomic E-state index is 0.0142. The molecule has 182 valence electrons. The lowest BCUT2D eigenvalue weighted by molar-refractivity contribution is -0.151. The van der Waals surface area contributed by atoms with Crippen LogP contribution >= 0.6 is 0 Å². The Morgan fingerprint density at radius 1 is 1.18 bits per heavy atom. The summed E-state index contributed by atoms with van der Waals surface area (Å²) in [6.07, 6.45) is -7.44. The van der Waals surface area contributed by atoms with Gasteiger partial charge in [0, 0.05) is 23.7 Å². The van der Waals surface area contributed by atoms with Gasteiger partial charge in [0.1, 0.15) is 6.04 Å². The van der Waals surface area contributed by atoms with Gasteiger partial charge in [0.15, 0.2) is 11.5 Å². The highest BCUT2D eigenvalue weighted by molar-refractivity contribution is 5.95. The zero-order valence-corrected chi connectivity index (χ0v) is 17.6. The van der Waals surface area contributed by atoms with E-state index in [1.165, 1.54) is 0 Å². The highest BCUT2D eigenvalue weighted by Crippen LogP contribution is 2.33. The molecule has 1 heterocycles. The van der Waals surface area contributed by atoms with Crippen LogP contribution in [0.5, 0.6) is 0 Å². The summed E-state index contributed by atoms with van der Waals surface area (Å²) in [5.41, 5.74) is -1.07. The van der Waals surface area contributed by atoms with E-state index < -0.39 is 42.5 Å². The topological polar surface area (TPSA) is 87.4 Å². The molecule has 0 aliphatic heterocycles. The summed E-state index contributed by atoms with van der Waals surface area (Å²) >= 11 is 0. The number of aliphatic hydroxyl groups is 1. The van der Waals surface area contributed by atoms with Gasteiger partial charge in [0.05, 0.1) is 11.7 Å². The second-order valence-electron chi connectivity index (χ2n) is 8.05. The zero-order valence-electron chi connectivity index (χ0n) is 17.6. The molecule has 0 spiro atoms. The van der Waals surface area contributed by atoms with E-state index in [0.29, 0.717) is 25.7 Å². The summed E-state index contributed by atoms with van der Waals surface area (Å²) in [5, 5.41) is 18.4. The fourth-order valence-electron chi connectivity index (χ4n) is 3.61. The molecule has 0 bridgehead atoms. The molecular formula is C21H23F6N3O3. The highest BCUT2D eigenvalue weighted by Gasteiger charge is 2.36. The van der Waals surface area contributed by atoms with Gasteiger partial charge in [0.25, 0.3) is 5.91 Å². The third kappa shape index (κ3) is 6.26. The molecule has 1 saturated carbocycles. The van der Waals surface area contributed by atoms with Crippen molar-refractivity contribution in [3.05, 3.63) is 41.1 Å². The molecule has 0 saturated heterocycles. The predicted molar refractivity (Wildman–Crippen MR) is 105 cm³/mol. The largest absolute Gasteiger partial charge is 0.416 e. The second-order valence-corrected chi connectivity index (χ2v) is 8.05. The van der Waals surface area contributed by atoms with Crippen molar-refractivity contribution < 1.29 is 40.8 Å². The summed E-state index contributed by atoms with van der Waals surface area (Å²) in [7, 11) is 0. The molecule has 3 unspecified atom stereocenters. The van der Waals surface area contributed by atoms with Crippen LogP contribution in [0.1, 0.15) is 54.2 Å². The Labute approximate surface area is 185 Å². The summed E-state index contributed by atoms with van der Waals surface area (Å²) in [6, 6.07) is 1.53. The van der Waals surface area contributed by atoms with E-state index in [-0.39, 0.29) is 28.6 Å². The van der Waals surface area contributed by atoms with Gasteiger partial charge in [-0.15, -0.1) is 0 Å². The first-order chi connectivity index (χ1) is 15.4. The van der Waals surface area contributed by atoms with E-state index in [0.717, 1.165) is 31.2 Å². The number of aliphatic hydroxyl groups excluding tert-OH is 1. The normalized spacial score (nSPS) is 20.5. The summed E-state index contributed by atoms with van der Waals surface area (Å²) < 4.78 is 82.6. The molecule has 33 heavy (non-hydrogen) atoms. The van der Waals surface area contributed by atoms with E-state index >= 15 is 0 Å². The smallest absolute Gasteiger partial charge is 0.393 e. The first-order valence-corrected chi connectivity index (χ1v) is 10.3. The van der Waals surface area contributed by atoms with Crippen LogP contribution in [0.3, 0.4) is 0 Å². The fourth-order valence-corrected chi connectivity index (χ4v) is 3.61. The van der Waals surface area contributed by atoms with Crippen molar-refractivity contribution in [2.75, 3.05) is 0 Å². The van der Waals surface area contributed by atoms with Crippen LogP contribution in [0.2, 0.25) is 0 Å². The molecule has 1 aliphatic rings. The van der Waals surface area contributed by atoms with Crippen molar-refractivity contribution in [2.45, 2.75) is 69.7 Å².